The molecule has 0 atom stereocenters. The fraction of sp³-hybridized carbons (Fsp3) is 0.200. The van der Waals surface area contributed by atoms with Crippen LogP contribution in [-0.2, 0) is 6.42 Å². The zero-order chi connectivity index (χ0) is 14.3. The summed E-state index contributed by atoms with van der Waals surface area (Å²) in [5.74, 6) is 0. The summed E-state index contributed by atoms with van der Waals surface area (Å²) in [6.07, 6.45) is 3.58. The van der Waals surface area contributed by atoms with Gasteiger partial charge in [-0.25, -0.2) is 0 Å². The highest BCUT2D eigenvalue weighted by molar-refractivity contribution is 5.93. The normalized spacial score (nSPS) is 10.7. The number of hydrogen-bond acceptors (Lipinski definition) is 1. The first-order valence-electron chi connectivity index (χ1n) is 7.69. The molecule has 0 saturated carbocycles. The first-order valence-corrected chi connectivity index (χ1v) is 7.69. The number of rotatable bonds is 6. The number of aryl methyl sites for hydroxylation is 1. The van der Waals surface area contributed by atoms with Gasteiger partial charge in [0.05, 0.1) is 0 Å². The van der Waals surface area contributed by atoms with Gasteiger partial charge in [-0.2, -0.15) is 0 Å². The van der Waals surface area contributed by atoms with E-state index in [9.17, 15) is 0 Å². The molecule has 3 rings (SSSR count). The van der Waals surface area contributed by atoms with Gasteiger partial charge in [-0.3, -0.25) is 0 Å². The molecule has 3 aromatic rings. The summed E-state index contributed by atoms with van der Waals surface area (Å²) >= 11 is 0. The zero-order valence-electron chi connectivity index (χ0n) is 12.3. The fourth-order valence-electron chi connectivity index (χ4n) is 2.70. The number of anilines is 1. The monoisotopic (exact) mass is 275 g/mol. The predicted molar refractivity (Wildman–Crippen MR) is 91.8 cm³/mol. The summed E-state index contributed by atoms with van der Waals surface area (Å²) in [7, 11) is 0. The average Bonchev–Trinajstić information content (AvgIpc) is 2.56. The van der Waals surface area contributed by atoms with Crippen molar-refractivity contribution >= 4 is 16.5 Å². The fourth-order valence-corrected chi connectivity index (χ4v) is 2.70. The molecule has 0 aliphatic heterocycles. The van der Waals surface area contributed by atoms with E-state index in [1.807, 2.05) is 0 Å². The van der Waals surface area contributed by atoms with Crippen LogP contribution in [0.5, 0.6) is 0 Å². The van der Waals surface area contributed by atoms with E-state index >= 15 is 0 Å². The molecule has 0 unspecified atom stereocenters. The van der Waals surface area contributed by atoms with E-state index in [-0.39, 0.29) is 0 Å². The second-order valence-corrected chi connectivity index (χ2v) is 5.40. The molecule has 0 fully saturated rings. The molecule has 0 spiro atoms. The van der Waals surface area contributed by atoms with Gasteiger partial charge in [0.1, 0.15) is 0 Å². The van der Waals surface area contributed by atoms with Crippen LogP contribution in [0.1, 0.15) is 18.4 Å². The van der Waals surface area contributed by atoms with Crippen molar-refractivity contribution in [2.45, 2.75) is 19.3 Å². The minimum absolute atomic E-state index is 1.03. The molecule has 1 nitrogen and oxygen atoms in total. The second kappa shape index (κ2) is 6.94. The molecule has 0 saturated heterocycles. The van der Waals surface area contributed by atoms with Gasteiger partial charge in [0.15, 0.2) is 0 Å². The van der Waals surface area contributed by atoms with Gasteiger partial charge < -0.3 is 5.32 Å². The SMILES string of the molecule is c1ccc(CCCCNc2cccc3ccccc23)cc1. The third kappa shape index (κ3) is 3.63. The quantitative estimate of drug-likeness (QED) is 0.604. The van der Waals surface area contributed by atoms with Crippen LogP contribution in [0, 0.1) is 0 Å². The van der Waals surface area contributed by atoms with Crippen molar-refractivity contribution < 1.29 is 0 Å². The lowest BCUT2D eigenvalue weighted by molar-refractivity contribution is 0.763. The van der Waals surface area contributed by atoms with E-state index in [0.29, 0.717) is 0 Å². The van der Waals surface area contributed by atoms with Crippen LogP contribution in [0.25, 0.3) is 10.8 Å². The third-order valence-electron chi connectivity index (χ3n) is 3.84. The van der Waals surface area contributed by atoms with E-state index in [4.69, 9.17) is 0 Å². The Morgan fingerprint density at radius 3 is 2.33 bits per heavy atom. The molecule has 0 aliphatic carbocycles. The molecule has 0 radical (unpaired) electrons. The largest absolute Gasteiger partial charge is 0.385 e. The molecule has 106 valence electrons. The van der Waals surface area contributed by atoms with E-state index < -0.39 is 0 Å². The van der Waals surface area contributed by atoms with Crippen molar-refractivity contribution in [3.63, 3.8) is 0 Å². The summed E-state index contributed by atoms with van der Waals surface area (Å²) in [6.45, 7) is 1.03. The van der Waals surface area contributed by atoms with Crippen LogP contribution in [0.3, 0.4) is 0 Å². The van der Waals surface area contributed by atoms with E-state index in [1.165, 1.54) is 34.9 Å². The molecule has 21 heavy (non-hydrogen) atoms. The molecule has 0 aromatic heterocycles. The van der Waals surface area contributed by atoms with Gasteiger partial charge in [-0.1, -0.05) is 66.7 Å². The summed E-state index contributed by atoms with van der Waals surface area (Å²) in [4.78, 5) is 0. The van der Waals surface area contributed by atoms with E-state index in [0.717, 1.165) is 13.0 Å². The van der Waals surface area contributed by atoms with Gasteiger partial charge in [0.2, 0.25) is 0 Å². The summed E-state index contributed by atoms with van der Waals surface area (Å²) < 4.78 is 0. The maximum Gasteiger partial charge on any atom is 0.0419 e. The number of hydrogen-bond donors (Lipinski definition) is 1. The van der Waals surface area contributed by atoms with Crippen LogP contribution in [-0.4, -0.2) is 6.54 Å². The zero-order valence-corrected chi connectivity index (χ0v) is 12.3. The average molecular weight is 275 g/mol. The Balaban J connectivity index is 1.51. The summed E-state index contributed by atoms with van der Waals surface area (Å²) in [5, 5.41) is 6.18. The number of benzene rings is 3. The van der Waals surface area contributed by atoms with Gasteiger partial charge in [-0.05, 0) is 36.3 Å². The molecular weight excluding hydrogens is 254 g/mol. The second-order valence-electron chi connectivity index (χ2n) is 5.40. The highest BCUT2D eigenvalue weighted by atomic mass is 14.9. The molecule has 1 N–H and O–H groups in total. The molecule has 0 amide bonds. The molecule has 0 heterocycles. The molecular formula is C20H21N. The Bertz CT molecular complexity index is 683. The lowest BCUT2D eigenvalue weighted by Gasteiger charge is -2.09. The standard InChI is InChI=1S/C20H21N/c1-2-9-17(10-3-1)11-6-7-16-21-20-15-8-13-18-12-4-5-14-19(18)20/h1-5,8-10,12-15,21H,6-7,11,16H2. The third-order valence-corrected chi connectivity index (χ3v) is 3.84. The van der Waals surface area contributed by atoms with Crippen molar-refractivity contribution in [1.82, 2.24) is 0 Å². The molecule has 1 heteroatoms. The Morgan fingerprint density at radius 2 is 1.43 bits per heavy atom. The van der Waals surface area contributed by atoms with Crippen LogP contribution in [0.4, 0.5) is 5.69 Å². The number of nitrogens with one attached hydrogen (secondary N) is 1. The van der Waals surface area contributed by atoms with Gasteiger partial charge in [0, 0.05) is 17.6 Å². The van der Waals surface area contributed by atoms with Crippen LogP contribution >= 0.6 is 0 Å². The van der Waals surface area contributed by atoms with Crippen LogP contribution < -0.4 is 5.32 Å². The maximum atomic E-state index is 3.57. The first-order chi connectivity index (χ1) is 10.4. The van der Waals surface area contributed by atoms with Gasteiger partial charge >= 0.3 is 0 Å². The van der Waals surface area contributed by atoms with Crippen molar-refractivity contribution in [3.8, 4) is 0 Å². The summed E-state index contributed by atoms with van der Waals surface area (Å²) in [6, 6.07) is 25.7. The number of fused-ring (bicyclic) bond motifs is 1. The molecule has 0 aliphatic rings. The topological polar surface area (TPSA) is 12.0 Å². The highest BCUT2D eigenvalue weighted by Gasteiger charge is 1.99. The lowest BCUT2D eigenvalue weighted by atomic mass is 10.1. The minimum atomic E-state index is 1.03. The van der Waals surface area contributed by atoms with Crippen LogP contribution in [0.2, 0.25) is 0 Å². The predicted octanol–water partition coefficient (Wildman–Crippen LogP) is 5.27. The Morgan fingerprint density at radius 1 is 0.667 bits per heavy atom. The Labute approximate surface area is 126 Å². The summed E-state index contributed by atoms with van der Waals surface area (Å²) in [5.41, 5.74) is 2.68. The van der Waals surface area contributed by atoms with Crippen LogP contribution in [0.15, 0.2) is 72.8 Å². The van der Waals surface area contributed by atoms with E-state index in [1.54, 1.807) is 0 Å². The number of unbranched alkanes of at least 4 members (excludes halogenated alkanes) is 1. The van der Waals surface area contributed by atoms with Crippen molar-refractivity contribution in [2.24, 2.45) is 0 Å². The first kappa shape index (κ1) is 13.7. The van der Waals surface area contributed by atoms with Crippen molar-refractivity contribution in [2.75, 3.05) is 11.9 Å². The minimum Gasteiger partial charge on any atom is -0.385 e. The van der Waals surface area contributed by atoms with Gasteiger partial charge in [-0.15, -0.1) is 0 Å². The molecule has 0 bridgehead atoms. The Kier molecular flexibility index (Phi) is 4.52. The van der Waals surface area contributed by atoms with E-state index in [2.05, 4.69) is 78.1 Å². The van der Waals surface area contributed by atoms with Crippen molar-refractivity contribution in [1.29, 1.82) is 0 Å². The lowest BCUT2D eigenvalue weighted by Crippen LogP contribution is -2.02. The highest BCUT2D eigenvalue weighted by Crippen LogP contribution is 2.22. The maximum absolute atomic E-state index is 3.57. The Hall–Kier alpha value is -2.28. The van der Waals surface area contributed by atoms with Gasteiger partial charge in [0.25, 0.3) is 0 Å². The molecule has 3 aromatic carbocycles. The smallest absolute Gasteiger partial charge is 0.0419 e. The van der Waals surface area contributed by atoms with Crippen molar-refractivity contribution in [3.05, 3.63) is 78.4 Å².